The molecular formula is C27H28N4O5S2. The van der Waals surface area contributed by atoms with Gasteiger partial charge in [-0.1, -0.05) is 43.4 Å². The van der Waals surface area contributed by atoms with E-state index >= 15 is 0 Å². The highest BCUT2D eigenvalue weighted by Crippen LogP contribution is 2.38. The lowest BCUT2D eigenvalue weighted by Gasteiger charge is -2.33. The predicted octanol–water partition coefficient (Wildman–Crippen LogP) is 3.80. The number of amides is 1. The zero-order chi connectivity index (χ0) is 26.8. The lowest BCUT2D eigenvalue weighted by molar-refractivity contribution is -0.122. The van der Waals surface area contributed by atoms with Crippen LogP contribution < -0.4 is 19.9 Å². The average Bonchev–Trinajstić information content (AvgIpc) is 3.49. The minimum atomic E-state index is -0.299. The van der Waals surface area contributed by atoms with E-state index in [0.717, 1.165) is 24.2 Å². The van der Waals surface area contributed by atoms with E-state index in [1.807, 2.05) is 18.2 Å². The quantitative estimate of drug-likeness (QED) is 0.375. The van der Waals surface area contributed by atoms with Crippen LogP contribution in [0.2, 0.25) is 0 Å². The summed E-state index contributed by atoms with van der Waals surface area (Å²) in [6.45, 7) is 7.11. The predicted molar refractivity (Wildman–Crippen MR) is 149 cm³/mol. The molecule has 5 rings (SSSR count). The molecule has 0 radical (unpaired) electrons. The number of hydrogen-bond acceptors (Lipinski definition) is 9. The molecule has 1 aromatic carbocycles. The van der Waals surface area contributed by atoms with Gasteiger partial charge in [-0.3, -0.25) is 19.1 Å². The van der Waals surface area contributed by atoms with Gasteiger partial charge in [0, 0.05) is 25.2 Å². The number of nitrogens with zero attached hydrogens (tertiary/aromatic N) is 4. The normalized spacial score (nSPS) is 18.0. The van der Waals surface area contributed by atoms with Gasteiger partial charge >= 0.3 is 0 Å². The van der Waals surface area contributed by atoms with Crippen molar-refractivity contribution in [1.82, 2.24) is 9.47 Å². The first-order valence-electron chi connectivity index (χ1n) is 12.6. The summed E-state index contributed by atoms with van der Waals surface area (Å²) in [5, 5.41) is 9.86. The van der Waals surface area contributed by atoms with Gasteiger partial charge in [0.1, 0.15) is 21.8 Å². The Morgan fingerprint density at radius 1 is 1.18 bits per heavy atom. The molecule has 11 heteroatoms. The van der Waals surface area contributed by atoms with Gasteiger partial charge < -0.3 is 19.1 Å². The molecular weight excluding hydrogens is 524 g/mol. The first kappa shape index (κ1) is 26.3. The van der Waals surface area contributed by atoms with Crippen LogP contribution in [0.5, 0.6) is 11.5 Å². The summed E-state index contributed by atoms with van der Waals surface area (Å²) in [5.74, 6) is 1.84. The number of carbonyl (C=O) groups is 1. The number of anilines is 1. The highest BCUT2D eigenvalue weighted by molar-refractivity contribution is 8.26. The first-order chi connectivity index (χ1) is 18.4. The van der Waals surface area contributed by atoms with E-state index in [4.69, 9.17) is 26.4 Å². The Balaban J connectivity index is 1.55. The number of hydrogen-bond donors (Lipinski definition) is 0. The van der Waals surface area contributed by atoms with Crippen molar-refractivity contribution in [3.05, 3.63) is 55.7 Å². The van der Waals surface area contributed by atoms with E-state index in [-0.39, 0.29) is 23.8 Å². The molecule has 3 aliphatic heterocycles. The van der Waals surface area contributed by atoms with Gasteiger partial charge in [-0.2, -0.15) is 5.26 Å². The average molecular weight is 553 g/mol. The molecule has 1 aromatic heterocycles. The van der Waals surface area contributed by atoms with Crippen molar-refractivity contribution < 1.29 is 19.0 Å². The monoisotopic (exact) mass is 552 g/mol. The molecule has 0 unspecified atom stereocenters. The molecule has 0 N–H and O–H groups in total. The molecule has 2 aromatic rings. The maximum absolute atomic E-state index is 13.6. The highest BCUT2D eigenvalue weighted by atomic mass is 32.2. The number of nitriles is 1. The van der Waals surface area contributed by atoms with Crippen LogP contribution in [0.15, 0.2) is 27.9 Å². The molecule has 0 atom stereocenters. The van der Waals surface area contributed by atoms with Crippen molar-refractivity contribution in [2.24, 2.45) is 0 Å². The van der Waals surface area contributed by atoms with E-state index in [0.29, 0.717) is 71.2 Å². The fraction of sp³-hybridized carbons (Fsp3) is 0.407. The molecule has 4 heterocycles. The van der Waals surface area contributed by atoms with Crippen LogP contribution in [0.25, 0.3) is 6.08 Å². The van der Waals surface area contributed by atoms with Crippen molar-refractivity contribution in [2.45, 2.75) is 39.8 Å². The minimum Gasteiger partial charge on any atom is -0.454 e. The maximum atomic E-state index is 13.6. The van der Waals surface area contributed by atoms with Crippen LogP contribution in [0, 0.1) is 18.3 Å². The largest absolute Gasteiger partial charge is 0.454 e. The summed E-state index contributed by atoms with van der Waals surface area (Å²) in [6.07, 6.45) is 3.49. The van der Waals surface area contributed by atoms with Crippen LogP contribution in [-0.2, 0) is 22.6 Å². The molecule has 198 valence electrons. The molecule has 2 fully saturated rings. The SMILES string of the molecule is CCCCn1c(N2CCOCC2)c(/C=C2/SC(=S)N(Cc3ccc4c(c3)OCO4)C2=O)c(C)c(C#N)c1=O. The summed E-state index contributed by atoms with van der Waals surface area (Å²) >= 11 is 6.82. The van der Waals surface area contributed by atoms with Crippen molar-refractivity contribution in [3.8, 4) is 17.6 Å². The van der Waals surface area contributed by atoms with Crippen molar-refractivity contribution in [3.63, 3.8) is 0 Å². The standard InChI is InChI=1S/C27H28N4O5S2/c1-3-4-7-30-24(29-8-10-34-11-9-29)19(17(2)20(14-28)25(30)32)13-23-26(33)31(27(37)38-23)15-18-5-6-21-22(12-18)36-16-35-21/h5-6,12-13H,3-4,7-11,15-16H2,1-2H3/b23-13+. The molecule has 38 heavy (non-hydrogen) atoms. The molecule has 0 bridgehead atoms. The second-order valence-electron chi connectivity index (χ2n) is 9.21. The highest BCUT2D eigenvalue weighted by Gasteiger charge is 2.34. The van der Waals surface area contributed by atoms with Crippen LogP contribution in [-0.4, -0.2) is 52.8 Å². The van der Waals surface area contributed by atoms with E-state index in [1.54, 1.807) is 22.5 Å². The number of rotatable bonds is 7. The summed E-state index contributed by atoms with van der Waals surface area (Å²) in [4.78, 5) is 31.1. The Labute approximate surface area is 230 Å². The fourth-order valence-corrected chi connectivity index (χ4v) is 6.01. The van der Waals surface area contributed by atoms with Gasteiger partial charge in [-0.25, -0.2) is 0 Å². The second kappa shape index (κ2) is 11.2. The van der Waals surface area contributed by atoms with Crippen molar-refractivity contribution in [2.75, 3.05) is 38.0 Å². The molecule has 0 aliphatic carbocycles. The van der Waals surface area contributed by atoms with Gasteiger partial charge in [0.25, 0.3) is 11.5 Å². The van der Waals surface area contributed by atoms with E-state index in [9.17, 15) is 14.9 Å². The zero-order valence-electron chi connectivity index (χ0n) is 21.3. The third kappa shape index (κ3) is 4.91. The van der Waals surface area contributed by atoms with Gasteiger partial charge in [-0.05, 0) is 42.7 Å². The first-order valence-corrected chi connectivity index (χ1v) is 13.8. The summed E-state index contributed by atoms with van der Waals surface area (Å²) in [5.41, 5.74) is 1.93. The Morgan fingerprint density at radius 3 is 2.68 bits per heavy atom. The Hall–Kier alpha value is -3.33. The van der Waals surface area contributed by atoms with Crippen molar-refractivity contribution >= 4 is 46.1 Å². The van der Waals surface area contributed by atoms with E-state index in [1.165, 1.54) is 11.8 Å². The Bertz CT molecular complexity index is 1420. The number of ether oxygens (including phenoxy) is 3. The smallest absolute Gasteiger partial charge is 0.270 e. The molecule has 3 aliphatic rings. The molecule has 0 saturated carbocycles. The number of thiocarbonyl (C=S) groups is 1. The number of carbonyl (C=O) groups excluding carboxylic acids is 1. The molecule has 9 nitrogen and oxygen atoms in total. The number of aromatic nitrogens is 1. The number of fused-ring (bicyclic) bond motifs is 1. The van der Waals surface area contributed by atoms with Gasteiger partial charge in [0.05, 0.1) is 24.7 Å². The maximum Gasteiger partial charge on any atom is 0.270 e. The number of benzene rings is 1. The minimum absolute atomic E-state index is 0.0974. The molecule has 1 amide bonds. The summed E-state index contributed by atoms with van der Waals surface area (Å²) < 4.78 is 18.5. The van der Waals surface area contributed by atoms with Crippen molar-refractivity contribution in [1.29, 1.82) is 5.26 Å². The van der Waals surface area contributed by atoms with Gasteiger partial charge in [-0.15, -0.1) is 0 Å². The summed E-state index contributed by atoms with van der Waals surface area (Å²) in [6, 6.07) is 7.67. The van der Waals surface area contributed by atoms with Crippen LogP contribution >= 0.6 is 24.0 Å². The van der Waals surface area contributed by atoms with Crippen LogP contribution in [0.4, 0.5) is 5.82 Å². The third-order valence-corrected chi connectivity index (χ3v) is 8.20. The lowest BCUT2D eigenvalue weighted by atomic mass is 10.0. The van der Waals surface area contributed by atoms with Crippen LogP contribution in [0.1, 0.15) is 42.0 Å². The van der Waals surface area contributed by atoms with E-state index < -0.39 is 0 Å². The van der Waals surface area contributed by atoms with Gasteiger partial charge in [0.2, 0.25) is 6.79 Å². The number of unbranched alkanes of at least 4 members (excludes halogenated alkanes) is 1. The van der Waals surface area contributed by atoms with Gasteiger partial charge in [0.15, 0.2) is 11.5 Å². The molecule has 2 saturated heterocycles. The second-order valence-corrected chi connectivity index (χ2v) is 10.9. The number of pyridine rings is 1. The molecule has 0 spiro atoms. The van der Waals surface area contributed by atoms with E-state index in [2.05, 4.69) is 17.9 Å². The zero-order valence-corrected chi connectivity index (χ0v) is 23.0. The number of morpholine rings is 1. The fourth-order valence-electron chi connectivity index (χ4n) is 4.77. The third-order valence-electron chi connectivity index (χ3n) is 6.82. The lowest BCUT2D eigenvalue weighted by Crippen LogP contribution is -2.41. The number of thioether (sulfide) groups is 1. The summed E-state index contributed by atoms with van der Waals surface area (Å²) in [7, 11) is 0. The Morgan fingerprint density at radius 2 is 1.95 bits per heavy atom. The Kier molecular flexibility index (Phi) is 7.74. The topological polar surface area (TPSA) is 97.0 Å². The van der Waals surface area contributed by atoms with Crippen LogP contribution in [0.3, 0.4) is 0 Å².